The Morgan fingerprint density at radius 1 is 0.920 bits per heavy atom. The molecule has 0 radical (unpaired) electrons. The van der Waals surface area contributed by atoms with Crippen LogP contribution in [0.5, 0.6) is 0 Å². The first-order valence-electron chi connectivity index (χ1n) is 9.44. The number of nitrogens with one attached hydrogen (secondary N) is 1. The predicted molar refractivity (Wildman–Crippen MR) is 106 cm³/mol. The summed E-state index contributed by atoms with van der Waals surface area (Å²) in [6.07, 6.45) is 3.68. The molecular weight excluding hydrogens is 308 g/mol. The van der Waals surface area contributed by atoms with E-state index in [1.54, 1.807) is 0 Å². The second-order valence-electron chi connectivity index (χ2n) is 7.00. The molecule has 1 aliphatic heterocycles. The van der Waals surface area contributed by atoms with Gasteiger partial charge in [0, 0.05) is 24.5 Å². The van der Waals surface area contributed by atoms with Crippen molar-refractivity contribution in [3.63, 3.8) is 0 Å². The molecule has 0 amide bonds. The van der Waals surface area contributed by atoms with Gasteiger partial charge in [-0.2, -0.15) is 0 Å². The van der Waals surface area contributed by atoms with Gasteiger partial charge in [-0.25, -0.2) is 0 Å². The van der Waals surface area contributed by atoms with E-state index in [0.29, 0.717) is 0 Å². The molecule has 1 aliphatic rings. The Labute approximate surface area is 152 Å². The molecule has 0 aromatic heterocycles. The molecule has 1 heterocycles. The van der Waals surface area contributed by atoms with E-state index in [4.69, 9.17) is 4.74 Å². The third kappa shape index (κ3) is 5.32. The maximum Gasteiger partial charge on any atom is 0.0594 e. The Morgan fingerprint density at radius 2 is 1.68 bits per heavy atom. The zero-order chi connectivity index (χ0) is 17.5. The van der Waals surface area contributed by atoms with Crippen molar-refractivity contribution in [3.05, 3.63) is 59.2 Å². The number of unbranched alkanes of at least 4 members (excludes halogenated alkanes) is 1. The molecule has 1 saturated heterocycles. The minimum absolute atomic E-state index is 0.897. The van der Waals surface area contributed by atoms with Crippen molar-refractivity contribution in [1.82, 2.24) is 4.90 Å². The van der Waals surface area contributed by atoms with Gasteiger partial charge < -0.3 is 10.1 Å². The van der Waals surface area contributed by atoms with Crippen LogP contribution >= 0.6 is 0 Å². The highest BCUT2D eigenvalue weighted by molar-refractivity contribution is 5.65. The van der Waals surface area contributed by atoms with Gasteiger partial charge in [-0.1, -0.05) is 30.3 Å². The molecule has 0 unspecified atom stereocenters. The first kappa shape index (κ1) is 18.0. The van der Waals surface area contributed by atoms with Crippen LogP contribution in [0.1, 0.15) is 29.5 Å². The molecule has 0 spiro atoms. The summed E-state index contributed by atoms with van der Waals surface area (Å²) >= 11 is 0. The lowest BCUT2D eigenvalue weighted by atomic mass is 10.0. The van der Waals surface area contributed by atoms with Crippen LogP contribution in [0.25, 0.3) is 0 Å². The van der Waals surface area contributed by atoms with Crippen molar-refractivity contribution >= 4 is 11.4 Å². The average Bonchev–Trinajstić information content (AvgIpc) is 2.63. The Balaban J connectivity index is 1.49. The summed E-state index contributed by atoms with van der Waals surface area (Å²) < 4.78 is 5.40. The number of para-hydroxylation sites is 1. The molecule has 2 aromatic rings. The summed E-state index contributed by atoms with van der Waals surface area (Å²) in [7, 11) is 0. The van der Waals surface area contributed by atoms with Crippen molar-refractivity contribution in [2.45, 2.75) is 33.1 Å². The lowest BCUT2D eigenvalue weighted by Gasteiger charge is -2.26. The van der Waals surface area contributed by atoms with E-state index in [1.807, 2.05) is 0 Å². The van der Waals surface area contributed by atoms with Crippen molar-refractivity contribution in [2.24, 2.45) is 0 Å². The van der Waals surface area contributed by atoms with E-state index >= 15 is 0 Å². The molecule has 25 heavy (non-hydrogen) atoms. The largest absolute Gasteiger partial charge is 0.379 e. The summed E-state index contributed by atoms with van der Waals surface area (Å²) in [6.45, 7) is 9.52. The fourth-order valence-electron chi connectivity index (χ4n) is 3.37. The molecule has 134 valence electrons. The highest BCUT2D eigenvalue weighted by atomic mass is 16.5. The number of hydrogen-bond acceptors (Lipinski definition) is 3. The Hall–Kier alpha value is -1.84. The van der Waals surface area contributed by atoms with Crippen LogP contribution in [-0.4, -0.2) is 37.7 Å². The van der Waals surface area contributed by atoms with Gasteiger partial charge in [0.05, 0.1) is 13.2 Å². The molecule has 2 aromatic carbocycles. The van der Waals surface area contributed by atoms with Crippen LogP contribution in [-0.2, 0) is 11.2 Å². The Bertz CT molecular complexity index is 677. The Morgan fingerprint density at radius 3 is 2.44 bits per heavy atom. The van der Waals surface area contributed by atoms with Gasteiger partial charge in [0.2, 0.25) is 0 Å². The summed E-state index contributed by atoms with van der Waals surface area (Å²) in [5.74, 6) is 0. The summed E-state index contributed by atoms with van der Waals surface area (Å²) in [6, 6.07) is 15.2. The van der Waals surface area contributed by atoms with Gasteiger partial charge in [0.15, 0.2) is 0 Å². The zero-order valence-electron chi connectivity index (χ0n) is 15.6. The Kier molecular flexibility index (Phi) is 6.48. The molecule has 3 nitrogen and oxygen atoms in total. The van der Waals surface area contributed by atoms with Crippen molar-refractivity contribution < 1.29 is 4.74 Å². The minimum Gasteiger partial charge on any atom is -0.379 e. The molecule has 3 rings (SSSR count). The van der Waals surface area contributed by atoms with Gasteiger partial charge in [-0.15, -0.1) is 0 Å². The van der Waals surface area contributed by atoms with Gasteiger partial charge in [0.1, 0.15) is 0 Å². The smallest absolute Gasteiger partial charge is 0.0594 e. The molecule has 1 fully saturated rings. The molecular formula is C22H30N2O. The predicted octanol–water partition coefficient (Wildman–Crippen LogP) is 4.70. The van der Waals surface area contributed by atoms with Crippen molar-refractivity contribution in [1.29, 1.82) is 0 Å². The van der Waals surface area contributed by atoms with Gasteiger partial charge in [-0.3, -0.25) is 4.90 Å². The van der Waals surface area contributed by atoms with Crippen molar-refractivity contribution in [3.8, 4) is 0 Å². The maximum absolute atomic E-state index is 5.40. The third-order valence-corrected chi connectivity index (χ3v) is 5.00. The van der Waals surface area contributed by atoms with Crippen LogP contribution in [0.3, 0.4) is 0 Å². The van der Waals surface area contributed by atoms with E-state index in [2.05, 4.69) is 66.5 Å². The van der Waals surface area contributed by atoms with E-state index in [1.165, 1.54) is 47.5 Å². The molecule has 0 saturated carbocycles. The van der Waals surface area contributed by atoms with Crippen LogP contribution in [0.2, 0.25) is 0 Å². The van der Waals surface area contributed by atoms with Crippen LogP contribution in [0.4, 0.5) is 11.4 Å². The second-order valence-corrected chi connectivity index (χ2v) is 7.00. The van der Waals surface area contributed by atoms with Crippen LogP contribution in [0, 0.1) is 13.8 Å². The number of nitrogens with zero attached hydrogens (tertiary/aromatic N) is 1. The zero-order valence-corrected chi connectivity index (χ0v) is 15.6. The third-order valence-electron chi connectivity index (χ3n) is 5.00. The van der Waals surface area contributed by atoms with Gasteiger partial charge in [-0.05, 0) is 68.5 Å². The normalized spacial score (nSPS) is 15.3. The quantitative estimate of drug-likeness (QED) is 0.741. The molecule has 3 heteroatoms. The number of ether oxygens (including phenoxy) is 1. The number of anilines is 2. The fourth-order valence-corrected chi connectivity index (χ4v) is 3.37. The van der Waals surface area contributed by atoms with Gasteiger partial charge >= 0.3 is 0 Å². The summed E-state index contributed by atoms with van der Waals surface area (Å²) in [5, 5.41) is 3.56. The number of aryl methyl sites for hydroxylation is 3. The maximum atomic E-state index is 5.40. The SMILES string of the molecule is Cc1ccccc1Nc1ccc(CCCCN2CCOCC2)cc1C. The molecule has 0 bridgehead atoms. The van der Waals surface area contributed by atoms with E-state index in [9.17, 15) is 0 Å². The number of rotatable bonds is 7. The lowest BCUT2D eigenvalue weighted by Crippen LogP contribution is -2.36. The first-order valence-corrected chi connectivity index (χ1v) is 9.44. The highest BCUT2D eigenvalue weighted by Crippen LogP contribution is 2.24. The standard InChI is InChI=1S/C22H30N2O/c1-18-7-3-4-9-21(18)23-22-11-10-20(17-19(22)2)8-5-6-12-24-13-15-25-16-14-24/h3-4,7,9-11,17,23H,5-6,8,12-16H2,1-2H3. The average molecular weight is 338 g/mol. The topological polar surface area (TPSA) is 24.5 Å². The number of hydrogen-bond donors (Lipinski definition) is 1. The van der Waals surface area contributed by atoms with Crippen molar-refractivity contribution in [2.75, 3.05) is 38.2 Å². The summed E-state index contributed by atoms with van der Waals surface area (Å²) in [4.78, 5) is 2.52. The number of morpholine rings is 1. The van der Waals surface area contributed by atoms with Crippen LogP contribution < -0.4 is 5.32 Å². The highest BCUT2D eigenvalue weighted by Gasteiger charge is 2.09. The van der Waals surface area contributed by atoms with E-state index in [0.717, 1.165) is 32.7 Å². The monoisotopic (exact) mass is 338 g/mol. The molecule has 0 atom stereocenters. The van der Waals surface area contributed by atoms with Gasteiger partial charge in [0.25, 0.3) is 0 Å². The molecule has 1 N–H and O–H groups in total. The van der Waals surface area contributed by atoms with E-state index in [-0.39, 0.29) is 0 Å². The second kappa shape index (κ2) is 9.02. The number of benzene rings is 2. The molecule has 0 aliphatic carbocycles. The fraction of sp³-hybridized carbons (Fsp3) is 0.455. The first-order chi connectivity index (χ1) is 12.2. The lowest BCUT2D eigenvalue weighted by molar-refractivity contribution is 0.0372. The van der Waals surface area contributed by atoms with E-state index < -0.39 is 0 Å². The van der Waals surface area contributed by atoms with Crippen LogP contribution in [0.15, 0.2) is 42.5 Å². The summed E-state index contributed by atoms with van der Waals surface area (Å²) in [5.41, 5.74) is 6.41. The minimum atomic E-state index is 0.897.